The van der Waals surface area contributed by atoms with Crippen molar-refractivity contribution < 1.29 is 9.84 Å². The first-order valence-corrected chi connectivity index (χ1v) is 8.19. The molecule has 4 heteroatoms. The summed E-state index contributed by atoms with van der Waals surface area (Å²) in [5.74, 6) is 0.851. The summed E-state index contributed by atoms with van der Waals surface area (Å²) in [7, 11) is 0. The van der Waals surface area contributed by atoms with Crippen LogP contribution >= 0.6 is 0 Å². The van der Waals surface area contributed by atoms with E-state index in [1.165, 1.54) is 5.56 Å². The number of para-hydroxylation sites is 1. The zero-order valence-electron chi connectivity index (χ0n) is 14.0. The fourth-order valence-electron chi connectivity index (χ4n) is 2.50. The van der Waals surface area contributed by atoms with E-state index in [1.54, 1.807) is 0 Å². The number of ether oxygens (including phenoxy) is 1. The highest BCUT2D eigenvalue weighted by molar-refractivity contribution is 5.33. The van der Waals surface area contributed by atoms with Crippen LogP contribution in [0.5, 0.6) is 5.75 Å². The van der Waals surface area contributed by atoms with Crippen molar-refractivity contribution in [2.45, 2.75) is 39.4 Å². The van der Waals surface area contributed by atoms with E-state index in [2.05, 4.69) is 41.9 Å². The van der Waals surface area contributed by atoms with Gasteiger partial charge in [-0.25, -0.2) is 0 Å². The fourth-order valence-corrected chi connectivity index (χ4v) is 2.50. The lowest BCUT2D eigenvalue weighted by Crippen LogP contribution is -2.31. The Kier molecular flexibility index (Phi) is 7.04. The van der Waals surface area contributed by atoms with Crippen molar-refractivity contribution in [1.29, 1.82) is 0 Å². The molecule has 1 aromatic carbocycles. The lowest BCUT2D eigenvalue weighted by molar-refractivity contribution is 0.176. The summed E-state index contributed by atoms with van der Waals surface area (Å²) in [6.45, 7) is 6.51. The third-order valence-electron chi connectivity index (χ3n) is 4.04. The van der Waals surface area contributed by atoms with E-state index in [0.717, 1.165) is 30.8 Å². The second-order valence-corrected chi connectivity index (χ2v) is 5.70. The molecule has 2 rings (SSSR count). The summed E-state index contributed by atoms with van der Waals surface area (Å²) < 4.78 is 5.66. The number of aliphatic hydroxyl groups excluding tert-OH is 1. The smallest absolute Gasteiger partial charge is 0.123 e. The Bertz CT molecular complexity index is 575. The van der Waals surface area contributed by atoms with E-state index < -0.39 is 0 Å². The standard InChI is InChI=1S/C19H26N2O2/c1-3-16(2)21(14-17-8-10-20-11-9-17)15-18-6-4-5-7-19(18)23-13-12-22/h4-11,16,22H,3,12-15H2,1-2H3/t16-/m0/s1. The molecule has 0 aliphatic heterocycles. The molecule has 2 aromatic rings. The van der Waals surface area contributed by atoms with Gasteiger partial charge in [-0.15, -0.1) is 0 Å². The summed E-state index contributed by atoms with van der Waals surface area (Å²) in [4.78, 5) is 6.53. The molecule has 0 saturated heterocycles. The predicted octanol–water partition coefficient (Wildman–Crippen LogP) is 3.25. The van der Waals surface area contributed by atoms with Gasteiger partial charge in [0.2, 0.25) is 0 Å². The fraction of sp³-hybridized carbons (Fsp3) is 0.421. The van der Waals surface area contributed by atoms with Crippen LogP contribution in [0.3, 0.4) is 0 Å². The highest BCUT2D eigenvalue weighted by Crippen LogP contribution is 2.22. The summed E-state index contributed by atoms with van der Waals surface area (Å²) in [5, 5.41) is 8.98. The molecule has 1 atom stereocenters. The van der Waals surface area contributed by atoms with Gasteiger partial charge in [0.1, 0.15) is 12.4 Å². The minimum Gasteiger partial charge on any atom is -0.491 e. The molecular formula is C19H26N2O2. The number of aliphatic hydroxyl groups is 1. The van der Waals surface area contributed by atoms with Crippen molar-refractivity contribution in [3.63, 3.8) is 0 Å². The van der Waals surface area contributed by atoms with Gasteiger partial charge < -0.3 is 9.84 Å². The van der Waals surface area contributed by atoms with Crippen molar-refractivity contribution in [3.05, 3.63) is 59.9 Å². The average Bonchev–Trinajstić information content (AvgIpc) is 2.60. The Labute approximate surface area is 138 Å². The molecule has 4 nitrogen and oxygen atoms in total. The van der Waals surface area contributed by atoms with Gasteiger partial charge in [-0.2, -0.15) is 0 Å². The molecule has 124 valence electrons. The second kappa shape index (κ2) is 9.28. The summed E-state index contributed by atoms with van der Waals surface area (Å²) in [6, 6.07) is 12.6. The molecule has 0 saturated carbocycles. The lowest BCUT2D eigenvalue weighted by Gasteiger charge is -2.29. The van der Waals surface area contributed by atoms with E-state index >= 15 is 0 Å². The van der Waals surface area contributed by atoms with Crippen LogP contribution in [-0.2, 0) is 13.1 Å². The summed E-state index contributed by atoms with van der Waals surface area (Å²) in [5.41, 5.74) is 2.41. The molecule has 23 heavy (non-hydrogen) atoms. The Morgan fingerprint density at radius 2 is 1.87 bits per heavy atom. The van der Waals surface area contributed by atoms with E-state index in [4.69, 9.17) is 9.84 Å². The quantitative estimate of drug-likeness (QED) is 0.772. The molecule has 0 radical (unpaired) electrons. The van der Waals surface area contributed by atoms with E-state index in [1.807, 2.05) is 30.6 Å². The van der Waals surface area contributed by atoms with Gasteiger partial charge in [0.15, 0.2) is 0 Å². The number of aromatic nitrogens is 1. The normalized spacial score (nSPS) is 12.3. The monoisotopic (exact) mass is 314 g/mol. The van der Waals surface area contributed by atoms with Crippen LogP contribution in [0.4, 0.5) is 0 Å². The minimum atomic E-state index is 0.0282. The Morgan fingerprint density at radius 3 is 2.57 bits per heavy atom. The third kappa shape index (κ3) is 5.34. The molecule has 1 heterocycles. The number of hydrogen-bond donors (Lipinski definition) is 1. The maximum atomic E-state index is 8.98. The van der Waals surface area contributed by atoms with Crippen molar-refractivity contribution in [2.24, 2.45) is 0 Å². The van der Waals surface area contributed by atoms with Gasteiger partial charge in [-0.1, -0.05) is 25.1 Å². The molecule has 1 aromatic heterocycles. The van der Waals surface area contributed by atoms with Gasteiger partial charge in [-0.3, -0.25) is 9.88 Å². The van der Waals surface area contributed by atoms with E-state index in [9.17, 15) is 0 Å². The predicted molar refractivity (Wildman–Crippen MR) is 92.3 cm³/mol. The number of benzene rings is 1. The molecule has 0 aliphatic rings. The van der Waals surface area contributed by atoms with Gasteiger partial charge in [0.25, 0.3) is 0 Å². The van der Waals surface area contributed by atoms with Crippen molar-refractivity contribution in [2.75, 3.05) is 13.2 Å². The Balaban J connectivity index is 2.14. The highest BCUT2D eigenvalue weighted by Gasteiger charge is 2.15. The minimum absolute atomic E-state index is 0.0282. The van der Waals surface area contributed by atoms with Crippen molar-refractivity contribution in [1.82, 2.24) is 9.88 Å². The van der Waals surface area contributed by atoms with Crippen molar-refractivity contribution >= 4 is 0 Å². The first-order chi connectivity index (χ1) is 11.2. The van der Waals surface area contributed by atoms with Gasteiger partial charge in [-0.05, 0) is 37.1 Å². The number of pyridine rings is 1. The van der Waals surface area contributed by atoms with Crippen LogP contribution in [-0.4, -0.2) is 34.2 Å². The van der Waals surface area contributed by atoms with E-state index in [-0.39, 0.29) is 6.61 Å². The van der Waals surface area contributed by atoms with Crippen LogP contribution in [0, 0.1) is 0 Å². The maximum Gasteiger partial charge on any atom is 0.123 e. The molecule has 0 spiro atoms. The van der Waals surface area contributed by atoms with Crippen LogP contribution < -0.4 is 4.74 Å². The highest BCUT2D eigenvalue weighted by atomic mass is 16.5. The number of nitrogens with zero attached hydrogens (tertiary/aromatic N) is 2. The number of rotatable bonds is 9. The molecule has 0 aliphatic carbocycles. The molecule has 0 fully saturated rings. The molecular weight excluding hydrogens is 288 g/mol. The van der Waals surface area contributed by atoms with Gasteiger partial charge in [0.05, 0.1) is 6.61 Å². The summed E-state index contributed by atoms with van der Waals surface area (Å²) >= 11 is 0. The lowest BCUT2D eigenvalue weighted by atomic mass is 10.1. The zero-order valence-corrected chi connectivity index (χ0v) is 14.0. The largest absolute Gasteiger partial charge is 0.491 e. The summed E-state index contributed by atoms with van der Waals surface area (Å²) in [6.07, 6.45) is 4.76. The molecule has 0 unspecified atom stereocenters. The van der Waals surface area contributed by atoms with Gasteiger partial charge >= 0.3 is 0 Å². The third-order valence-corrected chi connectivity index (χ3v) is 4.04. The topological polar surface area (TPSA) is 45.6 Å². The average molecular weight is 314 g/mol. The van der Waals surface area contributed by atoms with Crippen LogP contribution in [0.15, 0.2) is 48.8 Å². The number of hydrogen-bond acceptors (Lipinski definition) is 4. The SMILES string of the molecule is CC[C@H](C)N(Cc1ccncc1)Cc1ccccc1OCCO. The van der Waals surface area contributed by atoms with Crippen LogP contribution in [0.1, 0.15) is 31.4 Å². The molecule has 1 N–H and O–H groups in total. The second-order valence-electron chi connectivity index (χ2n) is 5.70. The Hall–Kier alpha value is -1.91. The van der Waals surface area contributed by atoms with Crippen LogP contribution in [0.25, 0.3) is 0 Å². The first kappa shape index (κ1) is 17.4. The zero-order chi connectivity index (χ0) is 16.5. The Morgan fingerprint density at radius 1 is 1.13 bits per heavy atom. The molecule has 0 bridgehead atoms. The van der Waals surface area contributed by atoms with Gasteiger partial charge in [0, 0.05) is 37.1 Å². The van der Waals surface area contributed by atoms with Crippen molar-refractivity contribution in [3.8, 4) is 5.75 Å². The van der Waals surface area contributed by atoms with Crippen LogP contribution in [0.2, 0.25) is 0 Å². The molecule has 0 amide bonds. The first-order valence-electron chi connectivity index (χ1n) is 8.19. The van der Waals surface area contributed by atoms with E-state index in [0.29, 0.717) is 12.6 Å². The maximum absolute atomic E-state index is 8.98.